The number of nitrogens with zero attached hydrogens (tertiary/aromatic N) is 1. The van der Waals surface area contributed by atoms with Crippen molar-refractivity contribution < 1.29 is 27.8 Å². The number of carbonyl (C=O) groups is 1. The van der Waals surface area contributed by atoms with Gasteiger partial charge in [-0.1, -0.05) is 54.6 Å². The summed E-state index contributed by atoms with van der Waals surface area (Å²) in [5, 5.41) is 0. The third-order valence-electron chi connectivity index (χ3n) is 5.48. The van der Waals surface area contributed by atoms with Crippen molar-refractivity contribution in [2.75, 3.05) is 13.2 Å². The molecule has 0 fully saturated rings. The molecule has 1 aromatic heterocycles. The largest absolute Gasteiger partial charge is 0.490 e. The molecule has 0 saturated heterocycles. The number of aryl methyl sites for hydroxylation is 1. The van der Waals surface area contributed by atoms with Gasteiger partial charge < -0.3 is 18.6 Å². The number of halogens is 1. The molecule has 7 heteroatoms. The van der Waals surface area contributed by atoms with Gasteiger partial charge in [-0.15, -0.1) is 0 Å². The molecule has 0 aliphatic carbocycles. The fraction of sp³-hybridized carbons (Fsp3) is 0.200. The molecule has 0 bridgehead atoms. The predicted molar refractivity (Wildman–Crippen MR) is 138 cm³/mol. The summed E-state index contributed by atoms with van der Waals surface area (Å²) >= 11 is 0. The molecule has 0 N–H and O–H groups in total. The van der Waals surface area contributed by atoms with E-state index in [4.69, 9.17) is 18.6 Å². The zero-order valence-electron chi connectivity index (χ0n) is 20.8. The molecule has 1 heterocycles. The van der Waals surface area contributed by atoms with E-state index in [-0.39, 0.29) is 31.3 Å². The number of rotatable bonds is 11. The zero-order valence-corrected chi connectivity index (χ0v) is 20.8. The van der Waals surface area contributed by atoms with E-state index < -0.39 is 11.8 Å². The highest BCUT2D eigenvalue weighted by atomic mass is 19.1. The van der Waals surface area contributed by atoms with Crippen molar-refractivity contribution in [1.29, 1.82) is 0 Å². The van der Waals surface area contributed by atoms with Gasteiger partial charge in [-0.2, -0.15) is 0 Å². The van der Waals surface area contributed by atoms with Crippen LogP contribution in [-0.4, -0.2) is 24.2 Å². The van der Waals surface area contributed by atoms with Crippen molar-refractivity contribution in [3.63, 3.8) is 0 Å². The summed E-state index contributed by atoms with van der Waals surface area (Å²) in [5.74, 6) is 0.177. The third kappa shape index (κ3) is 7.07. The lowest BCUT2D eigenvalue weighted by Gasteiger charge is -2.10. The number of carbonyl (C=O) groups excluding carboxylic acids is 1. The fourth-order valence-corrected chi connectivity index (χ4v) is 3.61. The first kappa shape index (κ1) is 25.7. The van der Waals surface area contributed by atoms with Gasteiger partial charge in [0.1, 0.15) is 12.4 Å². The first-order valence-corrected chi connectivity index (χ1v) is 12.0. The Morgan fingerprint density at radius 1 is 1.00 bits per heavy atom. The monoisotopic (exact) mass is 501 g/mol. The van der Waals surface area contributed by atoms with Crippen molar-refractivity contribution >= 4 is 12.0 Å². The number of aromatic nitrogens is 1. The van der Waals surface area contributed by atoms with Gasteiger partial charge in [-0.3, -0.25) is 0 Å². The molecule has 190 valence electrons. The van der Waals surface area contributed by atoms with Crippen LogP contribution in [0.4, 0.5) is 4.39 Å². The van der Waals surface area contributed by atoms with Gasteiger partial charge in [0.25, 0.3) is 0 Å². The lowest BCUT2D eigenvalue weighted by atomic mass is 10.2. The second-order valence-corrected chi connectivity index (χ2v) is 8.18. The Morgan fingerprint density at radius 3 is 2.43 bits per heavy atom. The van der Waals surface area contributed by atoms with Gasteiger partial charge in [0.2, 0.25) is 11.6 Å². The van der Waals surface area contributed by atoms with Crippen molar-refractivity contribution in [1.82, 2.24) is 4.98 Å². The molecule has 37 heavy (non-hydrogen) atoms. The van der Waals surface area contributed by atoms with Gasteiger partial charge in [0.15, 0.2) is 11.6 Å². The molecule has 4 rings (SSSR count). The van der Waals surface area contributed by atoms with Crippen LogP contribution >= 0.6 is 0 Å². The minimum Gasteiger partial charge on any atom is -0.490 e. The highest BCUT2D eigenvalue weighted by Gasteiger charge is 2.15. The summed E-state index contributed by atoms with van der Waals surface area (Å²) in [7, 11) is 0. The van der Waals surface area contributed by atoms with Gasteiger partial charge in [-0.25, -0.2) is 14.2 Å². The first-order chi connectivity index (χ1) is 18.0. The van der Waals surface area contributed by atoms with E-state index in [1.807, 2.05) is 67.6 Å². The van der Waals surface area contributed by atoms with Crippen molar-refractivity contribution in [3.05, 3.63) is 113 Å². The Morgan fingerprint density at radius 2 is 1.73 bits per heavy atom. The summed E-state index contributed by atoms with van der Waals surface area (Å²) in [6.45, 7) is 4.21. The molecule has 6 nitrogen and oxygen atoms in total. The highest BCUT2D eigenvalue weighted by molar-refractivity contribution is 5.91. The normalized spacial score (nSPS) is 11.3. The van der Waals surface area contributed by atoms with Crippen LogP contribution in [0.5, 0.6) is 5.75 Å². The van der Waals surface area contributed by atoms with Crippen molar-refractivity contribution in [3.8, 4) is 17.2 Å². The van der Waals surface area contributed by atoms with E-state index in [0.717, 1.165) is 16.8 Å². The van der Waals surface area contributed by atoms with E-state index in [1.165, 1.54) is 18.2 Å². The SMILES string of the molecule is CCO/C(=C\c1ccc(OCCc2nc(-c3ccccc3)oc2C)c(F)c1)C(=O)OCc1ccccc1. The van der Waals surface area contributed by atoms with Gasteiger partial charge in [0.05, 0.1) is 18.9 Å². The van der Waals surface area contributed by atoms with E-state index in [9.17, 15) is 9.18 Å². The fourth-order valence-electron chi connectivity index (χ4n) is 3.61. The maximum atomic E-state index is 14.7. The molecule has 0 atom stereocenters. The number of benzene rings is 3. The van der Waals surface area contributed by atoms with E-state index >= 15 is 0 Å². The van der Waals surface area contributed by atoms with Crippen molar-refractivity contribution in [2.45, 2.75) is 26.9 Å². The average molecular weight is 502 g/mol. The maximum absolute atomic E-state index is 14.7. The molecule has 3 aromatic carbocycles. The Bertz CT molecular complexity index is 1350. The van der Waals surface area contributed by atoms with Gasteiger partial charge in [-0.05, 0) is 55.3 Å². The minimum atomic E-state index is -0.621. The third-order valence-corrected chi connectivity index (χ3v) is 5.48. The summed E-state index contributed by atoms with van der Waals surface area (Å²) < 4.78 is 36.9. The van der Waals surface area contributed by atoms with Gasteiger partial charge in [0, 0.05) is 12.0 Å². The summed E-state index contributed by atoms with van der Waals surface area (Å²) in [6, 6.07) is 23.4. The molecule has 0 radical (unpaired) electrons. The van der Waals surface area contributed by atoms with E-state index in [1.54, 1.807) is 13.0 Å². The number of oxazole rings is 1. The molecule has 4 aromatic rings. The second-order valence-electron chi connectivity index (χ2n) is 8.18. The highest BCUT2D eigenvalue weighted by Crippen LogP contribution is 2.23. The van der Waals surface area contributed by atoms with Crippen LogP contribution in [0.2, 0.25) is 0 Å². The average Bonchev–Trinajstić information content (AvgIpc) is 3.29. The zero-order chi connectivity index (χ0) is 26.0. The molecular weight excluding hydrogens is 473 g/mol. The lowest BCUT2D eigenvalue weighted by Crippen LogP contribution is -2.11. The summed E-state index contributed by atoms with van der Waals surface area (Å²) in [4.78, 5) is 17.1. The standard InChI is InChI=1S/C30H28FNO5/c1-3-34-28(30(33)36-20-22-10-6-4-7-11-22)19-23-14-15-27(25(31)18-23)35-17-16-26-21(2)37-29(32-26)24-12-8-5-9-13-24/h4-15,18-19H,3,16-17,20H2,1-2H3/b28-19-. The minimum absolute atomic E-state index is 0.00206. The molecule has 0 aliphatic rings. The Labute approximate surface area is 215 Å². The molecule has 0 aliphatic heterocycles. The lowest BCUT2D eigenvalue weighted by molar-refractivity contribution is -0.144. The van der Waals surface area contributed by atoms with Crippen LogP contribution in [0, 0.1) is 12.7 Å². The number of hydrogen-bond acceptors (Lipinski definition) is 6. The molecule has 0 spiro atoms. The Balaban J connectivity index is 1.36. The van der Waals surface area contributed by atoms with Crippen LogP contribution < -0.4 is 4.74 Å². The summed E-state index contributed by atoms with van der Waals surface area (Å²) in [6.07, 6.45) is 1.92. The maximum Gasteiger partial charge on any atom is 0.373 e. The van der Waals surface area contributed by atoms with E-state index in [0.29, 0.717) is 23.6 Å². The quantitative estimate of drug-likeness (QED) is 0.132. The van der Waals surface area contributed by atoms with Crippen LogP contribution in [0.15, 0.2) is 89.0 Å². The van der Waals surface area contributed by atoms with Crippen LogP contribution in [0.1, 0.15) is 29.5 Å². The molecule has 0 saturated carbocycles. The van der Waals surface area contributed by atoms with Crippen molar-refractivity contribution in [2.24, 2.45) is 0 Å². The van der Waals surface area contributed by atoms with Crippen LogP contribution in [-0.2, 0) is 27.3 Å². The Kier molecular flexibility index (Phi) is 8.70. The molecular formula is C30H28FNO5. The summed E-state index contributed by atoms with van der Waals surface area (Å²) in [5.41, 5.74) is 2.96. The van der Waals surface area contributed by atoms with E-state index in [2.05, 4.69) is 4.98 Å². The predicted octanol–water partition coefficient (Wildman–Crippen LogP) is 6.53. The second kappa shape index (κ2) is 12.5. The Hall–Kier alpha value is -4.39. The van der Waals surface area contributed by atoms with Crippen LogP contribution in [0.3, 0.4) is 0 Å². The number of ether oxygens (including phenoxy) is 3. The molecule has 0 amide bonds. The molecule has 0 unspecified atom stereocenters. The number of hydrogen-bond donors (Lipinski definition) is 0. The first-order valence-electron chi connectivity index (χ1n) is 12.0. The topological polar surface area (TPSA) is 70.8 Å². The smallest absolute Gasteiger partial charge is 0.373 e. The number of esters is 1. The van der Waals surface area contributed by atoms with Gasteiger partial charge >= 0.3 is 5.97 Å². The van der Waals surface area contributed by atoms with Crippen LogP contribution in [0.25, 0.3) is 17.5 Å².